The predicted octanol–water partition coefficient (Wildman–Crippen LogP) is 2.32. The SMILES string of the molecule is Cc1cccc(-c2c(CC(=O)O)n[nH]c2C)c1. The molecule has 0 spiro atoms. The van der Waals surface area contributed by atoms with Gasteiger partial charge >= 0.3 is 5.97 Å². The monoisotopic (exact) mass is 230 g/mol. The zero-order chi connectivity index (χ0) is 12.4. The Balaban J connectivity index is 2.50. The highest BCUT2D eigenvalue weighted by Crippen LogP contribution is 2.26. The molecular weight excluding hydrogens is 216 g/mol. The first kappa shape index (κ1) is 11.4. The normalized spacial score (nSPS) is 10.5. The third-order valence-electron chi connectivity index (χ3n) is 2.65. The highest BCUT2D eigenvalue weighted by atomic mass is 16.4. The Labute approximate surface area is 99.3 Å². The first-order valence-corrected chi connectivity index (χ1v) is 5.40. The number of aryl methyl sites for hydroxylation is 2. The Morgan fingerprint density at radius 3 is 2.82 bits per heavy atom. The quantitative estimate of drug-likeness (QED) is 0.850. The maximum atomic E-state index is 10.8. The van der Waals surface area contributed by atoms with E-state index in [0.717, 1.165) is 22.4 Å². The molecule has 0 atom stereocenters. The molecule has 4 nitrogen and oxygen atoms in total. The maximum Gasteiger partial charge on any atom is 0.309 e. The number of carboxylic acids is 1. The second-order valence-electron chi connectivity index (χ2n) is 4.11. The number of nitrogens with zero attached hydrogens (tertiary/aromatic N) is 1. The molecule has 0 bridgehead atoms. The molecule has 0 aliphatic rings. The number of rotatable bonds is 3. The van der Waals surface area contributed by atoms with Crippen molar-refractivity contribution in [3.8, 4) is 11.1 Å². The zero-order valence-electron chi connectivity index (χ0n) is 9.82. The van der Waals surface area contributed by atoms with E-state index in [1.54, 1.807) is 0 Å². The first-order valence-electron chi connectivity index (χ1n) is 5.40. The number of H-pyrrole nitrogens is 1. The second-order valence-corrected chi connectivity index (χ2v) is 4.11. The lowest BCUT2D eigenvalue weighted by Crippen LogP contribution is -2.01. The molecule has 0 aliphatic carbocycles. The van der Waals surface area contributed by atoms with Crippen molar-refractivity contribution in [1.82, 2.24) is 10.2 Å². The molecule has 1 heterocycles. The number of carboxylic acid groups (broad SMARTS) is 1. The second kappa shape index (κ2) is 4.41. The highest BCUT2D eigenvalue weighted by molar-refractivity contribution is 5.76. The van der Waals surface area contributed by atoms with Gasteiger partial charge in [0.05, 0.1) is 12.1 Å². The summed E-state index contributed by atoms with van der Waals surface area (Å²) in [7, 11) is 0. The van der Waals surface area contributed by atoms with Crippen molar-refractivity contribution in [3.63, 3.8) is 0 Å². The Bertz CT molecular complexity index is 558. The van der Waals surface area contributed by atoms with Gasteiger partial charge in [0.25, 0.3) is 0 Å². The van der Waals surface area contributed by atoms with Gasteiger partial charge in [-0.1, -0.05) is 29.8 Å². The topological polar surface area (TPSA) is 66.0 Å². The predicted molar refractivity (Wildman–Crippen MR) is 64.8 cm³/mol. The Hall–Kier alpha value is -2.10. The van der Waals surface area contributed by atoms with Gasteiger partial charge in [0.1, 0.15) is 0 Å². The molecule has 2 N–H and O–H groups in total. The zero-order valence-corrected chi connectivity index (χ0v) is 9.82. The van der Waals surface area contributed by atoms with Gasteiger partial charge in [0, 0.05) is 11.3 Å². The molecular formula is C13H14N2O2. The van der Waals surface area contributed by atoms with Crippen LogP contribution in [0.2, 0.25) is 0 Å². The number of nitrogens with one attached hydrogen (secondary N) is 1. The van der Waals surface area contributed by atoms with Gasteiger partial charge in [-0.2, -0.15) is 5.10 Å². The van der Waals surface area contributed by atoms with Crippen LogP contribution in [0.4, 0.5) is 0 Å². The molecule has 0 fully saturated rings. The summed E-state index contributed by atoms with van der Waals surface area (Å²) in [6.45, 7) is 3.91. The summed E-state index contributed by atoms with van der Waals surface area (Å²) in [5, 5.41) is 15.8. The minimum atomic E-state index is -0.870. The van der Waals surface area contributed by atoms with Crippen LogP contribution in [-0.4, -0.2) is 21.3 Å². The number of aromatic nitrogens is 2. The Kier molecular flexibility index (Phi) is 2.95. The van der Waals surface area contributed by atoms with Crippen LogP contribution < -0.4 is 0 Å². The van der Waals surface area contributed by atoms with Crippen LogP contribution in [0, 0.1) is 13.8 Å². The summed E-state index contributed by atoms with van der Waals surface area (Å²) < 4.78 is 0. The van der Waals surface area contributed by atoms with Gasteiger partial charge < -0.3 is 5.11 Å². The molecule has 0 radical (unpaired) electrons. The maximum absolute atomic E-state index is 10.8. The van der Waals surface area contributed by atoms with E-state index in [-0.39, 0.29) is 6.42 Å². The average Bonchev–Trinajstić information content (AvgIpc) is 2.59. The van der Waals surface area contributed by atoms with Gasteiger partial charge in [0.15, 0.2) is 0 Å². The Morgan fingerprint density at radius 1 is 1.41 bits per heavy atom. The summed E-state index contributed by atoms with van der Waals surface area (Å²) in [5.41, 5.74) is 4.53. The van der Waals surface area contributed by atoms with Crippen LogP contribution >= 0.6 is 0 Å². The van der Waals surface area contributed by atoms with Crippen LogP contribution in [0.15, 0.2) is 24.3 Å². The van der Waals surface area contributed by atoms with E-state index < -0.39 is 5.97 Å². The number of hydrogen-bond acceptors (Lipinski definition) is 2. The molecule has 17 heavy (non-hydrogen) atoms. The third-order valence-corrected chi connectivity index (χ3v) is 2.65. The molecule has 88 valence electrons. The number of carbonyl (C=O) groups is 1. The summed E-state index contributed by atoms with van der Waals surface area (Å²) in [6, 6.07) is 7.97. The summed E-state index contributed by atoms with van der Waals surface area (Å²) in [6.07, 6.45) is -0.0619. The molecule has 0 saturated heterocycles. The van der Waals surface area contributed by atoms with Crippen molar-refractivity contribution in [2.24, 2.45) is 0 Å². The van der Waals surface area contributed by atoms with Crippen LogP contribution in [0.1, 0.15) is 17.0 Å². The lowest BCUT2D eigenvalue weighted by atomic mass is 10.0. The van der Waals surface area contributed by atoms with Crippen molar-refractivity contribution in [2.45, 2.75) is 20.3 Å². The molecule has 2 aromatic rings. The van der Waals surface area contributed by atoms with Crippen molar-refractivity contribution in [3.05, 3.63) is 41.2 Å². The third kappa shape index (κ3) is 2.36. The lowest BCUT2D eigenvalue weighted by Gasteiger charge is -2.03. The fraction of sp³-hybridized carbons (Fsp3) is 0.231. The molecule has 0 unspecified atom stereocenters. The molecule has 0 amide bonds. The fourth-order valence-electron chi connectivity index (χ4n) is 1.93. The largest absolute Gasteiger partial charge is 0.481 e. The fourth-order valence-corrected chi connectivity index (χ4v) is 1.93. The standard InChI is InChI=1S/C13H14N2O2/c1-8-4-3-5-10(6-8)13-9(2)14-15-11(13)7-12(16)17/h3-6H,7H2,1-2H3,(H,14,15)(H,16,17). The van der Waals surface area contributed by atoms with Crippen LogP contribution in [0.5, 0.6) is 0 Å². The van der Waals surface area contributed by atoms with Crippen molar-refractivity contribution >= 4 is 5.97 Å². The van der Waals surface area contributed by atoms with Crippen LogP contribution in [0.25, 0.3) is 11.1 Å². The first-order chi connectivity index (χ1) is 8.08. The van der Waals surface area contributed by atoms with Gasteiger partial charge in [-0.3, -0.25) is 9.89 Å². The van der Waals surface area contributed by atoms with Crippen molar-refractivity contribution in [2.75, 3.05) is 0 Å². The number of benzene rings is 1. The smallest absolute Gasteiger partial charge is 0.309 e. The molecule has 2 rings (SSSR count). The van der Waals surface area contributed by atoms with E-state index in [9.17, 15) is 4.79 Å². The average molecular weight is 230 g/mol. The van der Waals surface area contributed by atoms with E-state index in [0.29, 0.717) is 5.69 Å². The van der Waals surface area contributed by atoms with E-state index in [4.69, 9.17) is 5.11 Å². The van der Waals surface area contributed by atoms with Crippen LogP contribution in [-0.2, 0) is 11.2 Å². The molecule has 0 saturated carbocycles. The molecule has 1 aromatic heterocycles. The number of hydrogen-bond donors (Lipinski definition) is 2. The molecule has 1 aromatic carbocycles. The van der Waals surface area contributed by atoms with Crippen molar-refractivity contribution in [1.29, 1.82) is 0 Å². The minimum absolute atomic E-state index is 0.0619. The summed E-state index contributed by atoms with van der Waals surface area (Å²) in [4.78, 5) is 10.8. The Morgan fingerprint density at radius 2 is 2.18 bits per heavy atom. The summed E-state index contributed by atoms with van der Waals surface area (Å²) in [5.74, 6) is -0.870. The molecule has 4 heteroatoms. The number of aromatic amines is 1. The van der Waals surface area contributed by atoms with Crippen LogP contribution in [0.3, 0.4) is 0 Å². The minimum Gasteiger partial charge on any atom is -0.481 e. The lowest BCUT2D eigenvalue weighted by molar-refractivity contribution is -0.136. The summed E-state index contributed by atoms with van der Waals surface area (Å²) >= 11 is 0. The van der Waals surface area contributed by atoms with Gasteiger partial charge in [-0.15, -0.1) is 0 Å². The van der Waals surface area contributed by atoms with Gasteiger partial charge in [0.2, 0.25) is 0 Å². The van der Waals surface area contributed by atoms with Crippen molar-refractivity contribution < 1.29 is 9.90 Å². The van der Waals surface area contributed by atoms with Gasteiger partial charge in [-0.05, 0) is 19.4 Å². The van der Waals surface area contributed by atoms with E-state index in [1.165, 1.54) is 0 Å². The highest BCUT2D eigenvalue weighted by Gasteiger charge is 2.14. The van der Waals surface area contributed by atoms with E-state index in [1.807, 2.05) is 38.1 Å². The van der Waals surface area contributed by atoms with E-state index >= 15 is 0 Å². The molecule has 0 aliphatic heterocycles. The van der Waals surface area contributed by atoms with Gasteiger partial charge in [-0.25, -0.2) is 0 Å². The number of aliphatic carboxylic acids is 1. The van der Waals surface area contributed by atoms with E-state index in [2.05, 4.69) is 10.2 Å².